The Balaban J connectivity index is 1.85. The fraction of sp³-hybridized carbons (Fsp3) is 1.00. The van der Waals surface area contributed by atoms with Gasteiger partial charge in [0.05, 0.1) is 0 Å². The second kappa shape index (κ2) is 4.54. The van der Waals surface area contributed by atoms with E-state index >= 15 is 0 Å². The van der Waals surface area contributed by atoms with E-state index in [1.807, 2.05) is 0 Å². The van der Waals surface area contributed by atoms with Gasteiger partial charge >= 0.3 is 86.0 Å². The summed E-state index contributed by atoms with van der Waals surface area (Å²) in [6.07, 6.45) is 4.58. The molecule has 0 aromatic carbocycles. The molecule has 14 heavy (non-hydrogen) atoms. The van der Waals surface area contributed by atoms with E-state index < -0.39 is 0 Å². The Morgan fingerprint density at radius 2 is 2.21 bits per heavy atom. The zero-order valence-corrected chi connectivity index (χ0v) is 8.98. The predicted octanol–water partition coefficient (Wildman–Crippen LogP) is 0.552. The summed E-state index contributed by atoms with van der Waals surface area (Å²) in [6.45, 7) is 5.80. The minimum absolute atomic E-state index is 0.624. The van der Waals surface area contributed by atoms with Crippen LogP contribution in [0.25, 0.3) is 0 Å². The quantitative estimate of drug-likeness (QED) is 0.613. The molecule has 2 rings (SSSR count). The molecule has 0 spiro atoms. The monoisotopic (exact) mass is 194 g/mol. The average Bonchev–Trinajstić information content (AvgIpc) is 2.74. The van der Waals surface area contributed by atoms with Crippen LogP contribution in [-0.2, 0) is 4.70 Å². The molecule has 0 saturated carbocycles. The summed E-state index contributed by atoms with van der Waals surface area (Å²) in [7, 11) is 1.02. The Morgan fingerprint density at radius 3 is 2.86 bits per heavy atom. The van der Waals surface area contributed by atoms with E-state index in [9.17, 15) is 4.70 Å². The molecule has 2 aliphatic rings. The van der Waals surface area contributed by atoms with Gasteiger partial charge in [-0.25, -0.2) is 0 Å². The Morgan fingerprint density at radius 1 is 1.36 bits per heavy atom. The van der Waals surface area contributed by atoms with Crippen molar-refractivity contribution < 1.29 is 4.70 Å². The van der Waals surface area contributed by atoms with Crippen LogP contribution in [0.2, 0.25) is 0 Å². The molecule has 0 aromatic rings. The number of likely N-dealkylation sites (tertiary alicyclic amines) is 2. The van der Waals surface area contributed by atoms with Gasteiger partial charge in [0.25, 0.3) is 0 Å². The molecule has 2 saturated heterocycles. The van der Waals surface area contributed by atoms with E-state index in [2.05, 4.69) is 16.7 Å². The third-order valence-electron chi connectivity index (χ3n) is 3.65. The summed E-state index contributed by atoms with van der Waals surface area (Å²) in [5, 5.41) is 0. The van der Waals surface area contributed by atoms with Crippen molar-refractivity contribution in [2.24, 2.45) is 0 Å². The summed E-state index contributed by atoms with van der Waals surface area (Å²) >= 11 is 0. The van der Waals surface area contributed by atoms with Gasteiger partial charge < -0.3 is 0 Å². The van der Waals surface area contributed by atoms with E-state index in [1.165, 1.54) is 25.8 Å². The van der Waals surface area contributed by atoms with Gasteiger partial charge in [0, 0.05) is 0 Å². The summed E-state index contributed by atoms with van der Waals surface area (Å²) in [5.41, 5.74) is 0. The van der Waals surface area contributed by atoms with Crippen LogP contribution >= 0.6 is 0 Å². The van der Waals surface area contributed by atoms with Crippen molar-refractivity contribution in [1.82, 2.24) is 9.80 Å². The maximum absolute atomic E-state index is 10.4. The maximum atomic E-state index is 10.4. The molecule has 3 nitrogen and oxygen atoms in total. The van der Waals surface area contributed by atoms with E-state index in [0.29, 0.717) is 12.5 Å². The first-order chi connectivity index (χ1) is 6.81. The number of nitrogens with zero attached hydrogens (tertiary/aromatic N) is 2. The first-order valence-corrected chi connectivity index (χ1v) is 5.73. The number of rotatable bonds is 3. The SMILES string of the molecule is C[C@@H]1CCCN1C1CCN(CB=O)C1. The van der Waals surface area contributed by atoms with Gasteiger partial charge in [-0.1, -0.05) is 0 Å². The second-order valence-corrected chi connectivity index (χ2v) is 4.60. The van der Waals surface area contributed by atoms with Crippen LogP contribution in [0.15, 0.2) is 0 Å². The molecular formula is C10H19BN2O. The molecule has 2 fully saturated rings. The van der Waals surface area contributed by atoms with Gasteiger partial charge in [-0.3, -0.25) is 0 Å². The van der Waals surface area contributed by atoms with Crippen molar-refractivity contribution in [2.75, 3.05) is 26.1 Å². The normalized spacial score (nSPS) is 34.9. The van der Waals surface area contributed by atoms with Crippen LogP contribution in [0.1, 0.15) is 26.2 Å². The third kappa shape index (κ3) is 2.06. The predicted molar refractivity (Wildman–Crippen MR) is 56.7 cm³/mol. The Kier molecular flexibility index (Phi) is 3.34. The molecule has 2 aliphatic heterocycles. The fourth-order valence-corrected chi connectivity index (χ4v) is 2.85. The third-order valence-corrected chi connectivity index (χ3v) is 3.65. The zero-order valence-electron chi connectivity index (χ0n) is 8.98. The van der Waals surface area contributed by atoms with Gasteiger partial charge in [-0.15, -0.1) is 0 Å². The molecule has 78 valence electrons. The summed E-state index contributed by atoms with van der Waals surface area (Å²) < 4.78 is 10.4. The van der Waals surface area contributed by atoms with Crippen LogP contribution in [0.5, 0.6) is 0 Å². The number of hydrogen-bond acceptors (Lipinski definition) is 3. The topological polar surface area (TPSA) is 23.6 Å². The summed E-state index contributed by atoms with van der Waals surface area (Å²) in [6, 6.07) is 1.48. The molecule has 0 aliphatic carbocycles. The second-order valence-electron chi connectivity index (χ2n) is 4.60. The van der Waals surface area contributed by atoms with E-state index in [-0.39, 0.29) is 0 Å². The van der Waals surface area contributed by atoms with Crippen LogP contribution in [0, 0.1) is 0 Å². The Bertz CT molecular complexity index is 212. The van der Waals surface area contributed by atoms with Gasteiger partial charge in [-0.05, 0) is 0 Å². The zero-order chi connectivity index (χ0) is 9.97. The molecule has 0 amide bonds. The number of hydrogen-bond donors (Lipinski definition) is 0. The fourth-order valence-electron chi connectivity index (χ4n) is 2.85. The Hall–Kier alpha value is -0.215. The molecular weight excluding hydrogens is 175 g/mol. The van der Waals surface area contributed by atoms with Crippen LogP contribution in [0.3, 0.4) is 0 Å². The van der Waals surface area contributed by atoms with Gasteiger partial charge in [0.15, 0.2) is 0 Å². The van der Waals surface area contributed by atoms with E-state index in [4.69, 9.17) is 0 Å². The van der Waals surface area contributed by atoms with Crippen LogP contribution in [-0.4, -0.2) is 55.1 Å². The van der Waals surface area contributed by atoms with Gasteiger partial charge in [-0.2, -0.15) is 0 Å². The average molecular weight is 194 g/mol. The summed E-state index contributed by atoms with van der Waals surface area (Å²) in [4.78, 5) is 4.90. The molecule has 1 unspecified atom stereocenters. The van der Waals surface area contributed by atoms with Gasteiger partial charge in [0.2, 0.25) is 0 Å². The van der Waals surface area contributed by atoms with Crippen LogP contribution < -0.4 is 0 Å². The first-order valence-electron chi connectivity index (χ1n) is 5.73. The standard InChI is InChI=1S/C10H19BN2O/c1-9-3-2-5-13(9)10-4-6-12(7-10)8-11-14/h9-10H,2-8H2,1H3/t9-,10?/m1/s1. The van der Waals surface area contributed by atoms with Gasteiger partial charge in [0.1, 0.15) is 0 Å². The van der Waals surface area contributed by atoms with Crippen molar-refractivity contribution in [3.05, 3.63) is 0 Å². The van der Waals surface area contributed by atoms with Crippen molar-refractivity contribution in [1.29, 1.82) is 0 Å². The molecule has 2 atom stereocenters. The molecule has 4 heteroatoms. The van der Waals surface area contributed by atoms with Crippen molar-refractivity contribution in [3.63, 3.8) is 0 Å². The summed E-state index contributed by atoms with van der Waals surface area (Å²) in [5.74, 6) is 0. The minimum atomic E-state index is 0.624. The molecule has 2 heterocycles. The molecule has 0 radical (unpaired) electrons. The van der Waals surface area contributed by atoms with Crippen LogP contribution in [0.4, 0.5) is 0 Å². The van der Waals surface area contributed by atoms with Crippen molar-refractivity contribution >= 4 is 7.15 Å². The van der Waals surface area contributed by atoms with E-state index in [0.717, 1.165) is 26.3 Å². The molecule has 0 N–H and O–H groups in total. The Labute approximate surface area is 86.7 Å². The van der Waals surface area contributed by atoms with E-state index in [1.54, 1.807) is 0 Å². The van der Waals surface area contributed by atoms with Crippen molar-refractivity contribution in [3.8, 4) is 0 Å². The molecule has 0 aromatic heterocycles. The molecule has 0 bridgehead atoms. The first kappa shape index (κ1) is 10.3. The van der Waals surface area contributed by atoms with Crippen molar-refractivity contribution in [2.45, 2.75) is 38.3 Å².